The fourth-order valence-corrected chi connectivity index (χ4v) is 1.51. The van der Waals surface area contributed by atoms with Crippen LogP contribution >= 0.6 is 15.9 Å². The van der Waals surface area contributed by atoms with Crippen LogP contribution in [0.15, 0.2) is 47.5 Å². The molecule has 1 heterocycles. The predicted molar refractivity (Wildman–Crippen MR) is 51.3 cm³/mol. The summed E-state index contributed by atoms with van der Waals surface area (Å²) in [5.41, 5.74) is 1.11. The summed E-state index contributed by atoms with van der Waals surface area (Å²) in [6.07, 6.45) is 3.68. The lowest BCUT2D eigenvalue weighted by Crippen LogP contribution is -1.90. The Morgan fingerprint density at radius 1 is 1.17 bits per heavy atom. The molecule has 60 valence electrons. The predicted octanol–water partition coefficient (Wildman–Crippen LogP) is 2.63. The zero-order valence-electron chi connectivity index (χ0n) is 6.31. The minimum atomic E-state index is 0.828. The minimum absolute atomic E-state index is 0.828. The van der Waals surface area contributed by atoms with Crippen molar-refractivity contribution in [2.45, 2.75) is 0 Å². The summed E-state index contributed by atoms with van der Waals surface area (Å²) >= 11 is 3.35. The molecule has 0 radical (unpaired) electrons. The molecule has 0 aliphatic heterocycles. The van der Waals surface area contributed by atoms with Gasteiger partial charge >= 0.3 is 0 Å². The second-order valence-electron chi connectivity index (χ2n) is 2.40. The molecule has 0 spiro atoms. The van der Waals surface area contributed by atoms with Crippen LogP contribution in [0.1, 0.15) is 0 Å². The SMILES string of the molecule is Brc1nccn1-c1ccccc1. The van der Waals surface area contributed by atoms with Crippen LogP contribution in [0, 0.1) is 0 Å². The first-order chi connectivity index (χ1) is 5.88. The molecule has 0 saturated heterocycles. The Labute approximate surface area is 79.0 Å². The maximum Gasteiger partial charge on any atom is 0.181 e. The molecule has 12 heavy (non-hydrogen) atoms. The number of hydrogen-bond acceptors (Lipinski definition) is 1. The summed E-state index contributed by atoms with van der Waals surface area (Å²) in [4.78, 5) is 4.07. The highest BCUT2D eigenvalue weighted by molar-refractivity contribution is 9.10. The van der Waals surface area contributed by atoms with Gasteiger partial charge in [-0.1, -0.05) is 18.2 Å². The molecule has 0 unspecified atom stereocenters. The van der Waals surface area contributed by atoms with Crippen molar-refractivity contribution < 1.29 is 0 Å². The highest BCUT2D eigenvalue weighted by Crippen LogP contribution is 2.13. The van der Waals surface area contributed by atoms with Crippen LogP contribution < -0.4 is 0 Å². The zero-order chi connectivity index (χ0) is 8.39. The van der Waals surface area contributed by atoms with Crippen molar-refractivity contribution in [3.63, 3.8) is 0 Å². The third kappa shape index (κ3) is 1.28. The van der Waals surface area contributed by atoms with Gasteiger partial charge in [-0.15, -0.1) is 0 Å². The summed E-state index contributed by atoms with van der Waals surface area (Å²) in [7, 11) is 0. The van der Waals surface area contributed by atoms with Crippen molar-refractivity contribution in [3.8, 4) is 5.69 Å². The van der Waals surface area contributed by atoms with Gasteiger partial charge in [0.2, 0.25) is 0 Å². The van der Waals surface area contributed by atoms with E-state index >= 15 is 0 Å². The lowest BCUT2D eigenvalue weighted by atomic mass is 10.3. The number of nitrogens with zero attached hydrogens (tertiary/aromatic N) is 2. The van der Waals surface area contributed by atoms with E-state index in [-0.39, 0.29) is 0 Å². The molecule has 2 aromatic rings. The van der Waals surface area contributed by atoms with Crippen molar-refractivity contribution >= 4 is 15.9 Å². The molecular weight excluding hydrogens is 216 g/mol. The molecular formula is C9H7BrN2. The van der Waals surface area contributed by atoms with Crippen LogP contribution in [0.4, 0.5) is 0 Å². The van der Waals surface area contributed by atoms with Crippen LogP contribution in [0.5, 0.6) is 0 Å². The van der Waals surface area contributed by atoms with E-state index in [1.807, 2.05) is 41.1 Å². The summed E-state index contributed by atoms with van der Waals surface area (Å²) in [5, 5.41) is 0. The summed E-state index contributed by atoms with van der Waals surface area (Å²) in [6, 6.07) is 10.1. The first-order valence-electron chi connectivity index (χ1n) is 3.62. The van der Waals surface area contributed by atoms with Gasteiger partial charge in [-0.25, -0.2) is 4.98 Å². The van der Waals surface area contributed by atoms with E-state index in [4.69, 9.17) is 0 Å². The summed E-state index contributed by atoms with van der Waals surface area (Å²) < 4.78 is 2.80. The number of hydrogen-bond donors (Lipinski definition) is 0. The summed E-state index contributed by atoms with van der Waals surface area (Å²) in [5.74, 6) is 0. The Kier molecular flexibility index (Phi) is 1.96. The molecule has 0 aliphatic carbocycles. The third-order valence-corrected chi connectivity index (χ3v) is 2.22. The van der Waals surface area contributed by atoms with Crippen LogP contribution in [-0.2, 0) is 0 Å². The van der Waals surface area contributed by atoms with Crippen molar-refractivity contribution in [2.24, 2.45) is 0 Å². The molecule has 2 rings (SSSR count). The average Bonchev–Trinajstić information content (AvgIpc) is 2.53. The van der Waals surface area contributed by atoms with E-state index < -0.39 is 0 Å². The highest BCUT2D eigenvalue weighted by Gasteiger charge is 1.98. The molecule has 0 aliphatic rings. The average molecular weight is 223 g/mol. The highest BCUT2D eigenvalue weighted by atomic mass is 79.9. The second-order valence-corrected chi connectivity index (χ2v) is 3.11. The second kappa shape index (κ2) is 3.11. The fraction of sp³-hybridized carbons (Fsp3) is 0. The van der Waals surface area contributed by atoms with Crippen molar-refractivity contribution in [3.05, 3.63) is 47.5 Å². The Morgan fingerprint density at radius 3 is 2.50 bits per heavy atom. The Morgan fingerprint density at radius 2 is 1.92 bits per heavy atom. The maximum atomic E-state index is 4.07. The number of imidazole rings is 1. The molecule has 0 N–H and O–H groups in total. The molecule has 0 saturated carbocycles. The van der Waals surface area contributed by atoms with Crippen LogP contribution in [-0.4, -0.2) is 9.55 Å². The topological polar surface area (TPSA) is 17.8 Å². The first kappa shape index (κ1) is 7.55. The van der Waals surface area contributed by atoms with Crippen molar-refractivity contribution in [1.29, 1.82) is 0 Å². The van der Waals surface area contributed by atoms with Crippen LogP contribution in [0.25, 0.3) is 5.69 Å². The number of benzene rings is 1. The molecule has 0 bridgehead atoms. The molecule has 2 nitrogen and oxygen atoms in total. The van der Waals surface area contributed by atoms with E-state index in [9.17, 15) is 0 Å². The molecule has 3 heteroatoms. The molecule has 1 aromatic heterocycles. The van der Waals surface area contributed by atoms with E-state index in [1.54, 1.807) is 6.20 Å². The molecule has 1 aromatic carbocycles. The van der Waals surface area contributed by atoms with Gasteiger partial charge < -0.3 is 0 Å². The van der Waals surface area contributed by atoms with Gasteiger partial charge in [-0.05, 0) is 28.1 Å². The minimum Gasteiger partial charge on any atom is -0.294 e. The van der Waals surface area contributed by atoms with Gasteiger partial charge in [0.05, 0.1) is 0 Å². The van der Waals surface area contributed by atoms with E-state index in [1.165, 1.54) is 0 Å². The number of aromatic nitrogens is 2. The van der Waals surface area contributed by atoms with Gasteiger partial charge in [-0.3, -0.25) is 4.57 Å². The number of para-hydroxylation sites is 1. The van der Waals surface area contributed by atoms with E-state index in [0.29, 0.717) is 0 Å². The quantitative estimate of drug-likeness (QED) is 0.726. The Balaban J connectivity index is 2.51. The van der Waals surface area contributed by atoms with Gasteiger partial charge in [0.15, 0.2) is 4.73 Å². The number of rotatable bonds is 1. The third-order valence-electron chi connectivity index (χ3n) is 1.63. The van der Waals surface area contributed by atoms with Crippen molar-refractivity contribution in [1.82, 2.24) is 9.55 Å². The standard InChI is InChI=1S/C9H7BrN2/c10-9-11-6-7-12(9)8-4-2-1-3-5-8/h1-7H. The smallest absolute Gasteiger partial charge is 0.181 e. The van der Waals surface area contributed by atoms with E-state index in [2.05, 4.69) is 20.9 Å². The molecule has 0 fully saturated rings. The van der Waals surface area contributed by atoms with Crippen LogP contribution in [0.2, 0.25) is 0 Å². The summed E-state index contributed by atoms with van der Waals surface area (Å²) in [6.45, 7) is 0. The van der Waals surface area contributed by atoms with E-state index in [0.717, 1.165) is 10.4 Å². The Hall–Kier alpha value is -1.09. The molecule has 0 atom stereocenters. The fourth-order valence-electron chi connectivity index (χ4n) is 1.07. The van der Waals surface area contributed by atoms with Crippen LogP contribution in [0.3, 0.4) is 0 Å². The lowest BCUT2D eigenvalue weighted by Gasteiger charge is -2.01. The monoisotopic (exact) mass is 222 g/mol. The van der Waals surface area contributed by atoms with Crippen molar-refractivity contribution in [2.75, 3.05) is 0 Å². The first-order valence-corrected chi connectivity index (χ1v) is 4.41. The van der Waals surface area contributed by atoms with Gasteiger partial charge in [0.25, 0.3) is 0 Å². The van der Waals surface area contributed by atoms with Gasteiger partial charge in [0, 0.05) is 18.1 Å². The number of halogens is 1. The Bertz CT molecular complexity index is 367. The van der Waals surface area contributed by atoms with Gasteiger partial charge in [0.1, 0.15) is 0 Å². The largest absolute Gasteiger partial charge is 0.294 e. The van der Waals surface area contributed by atoms with Gasteiger partial charge in [-0.2, -0.15) is 0 Å². The maximum absolute atomic E-state index is 4.07. The zero-order valence-corrected chi connectivity index (χ0v) is 7.90. The lowest BCUT2D eigenvalue weighted by molar-refractivity contribution is 1.01. The molecule has 0 amide bonds. The normalized spacial score (nSPS) is 10.1.